The maximum absolute atomic E-state index is 12.0. The van der Waals surface area contributed by atoms with E-state index in [-0.39, 0.29) is 25.6 Å². The number of rotatable bonds is 15. The summed E-state index contributed by atoms with van der Waals surface area (Å²) in [6.45, 7) is 6.03. The number of carboxylic acid groups (broad SMARTS) is 1. The van der Waals surface area contributed by atoms with Crippen molar-refractivity contribution in [2.24, 2.45) is 11.8 Å². The maximum Gasteiger partial charge on any atom is 0.321 e. The molecule has 1 saturated heterocycles. The van der Waals surface area contributed by atoms with E-state index in [1.165, 1.54) is 24.8 Å². The molecule has 3 rings (SSSR count). The number of benzene rings is 1. The van der Waals surface area contributed by atoms with Gasteiger partial charge in [0.25, 0.3) is 0 Å². The van der Waals surface area contributed by atoms with Crippen LogP contribution in [0.2, 0.25) is 0 Å². The number of ether oxygens (including phenoxy) is 2. The van der Waals surface area contributed by atoms with Crippen LogP contribution in [-0.4, -0.2) is 74.2 Å². The summed E-state index contributed by atoms with van der Waals surface area (Å²) in [6, 6.07) is 9.33. The van der Waals surface area contributed by atoms with Gasteiger partial charge in [-0.05, 0) is 54.8 Å². The molecule has 9 heteroatoms. The van der Waals surface area contributed by atoms with E-state index >= 15 is 0 Å². The molecule has 230 valence electrons. The molecule has 0 bridgehead atoms. The van der Waals surface area contributed by atoms with Gasteiger partial charge in [0, 0.05) is 19.4 Å². The van der Waals surface area contributed by atoms with Crippen LogP contribution in [0.25, 0.3) is 0 Å². The quantitative estimate of drug-likeness (QED) is 0.109. The molecule has 0 unspecified atom stereocenters. The highest BCUT2D eigenvalue weighted by molar-refractivity contribution is 7.80. The first-order chi connectivity index (χ1) is 19.0. The number of thiol groups is 1. The molecule has 2 fully saturated rings. The molecule has 0 radical (unpaired) electrons. The van der Waals surface area contributed by atoms with Crippen LogP contribution >= 0.6 is 12.6 Å². The maximum atomic E-state index is 12.0. The zero-order valence-corrected chi connectivity index (χ0v) is 25.6. The van der Waals surface area contributed by atoms with Crippen molar-refractivity contribution in [3.05, 3.63) is 35.9 Å². The van der Waals surface area contributed by atoms with E-state index in [9.17, 15) is 25.2 Å². The van der Waals surface area contributed by atoms with Crippen LogP contribution in [0.1, 0.15) is 97.0 Å². The van der Waals surface area contributed by atoms with Gasteiger partial charge in [0.15, 0.2) is 18.9 Å². The third-order valence-electron chi connectivity index (χ3n) is 7.92. The summed E-state index contributed by atoms with van der Waals surface area (Å²) in [6.07, 6.45) is 7.06. The van der Waals surface area contributed by atoms with Gasteiger partial charge >= 0.3 is 5.97 Å². The van der Waals surface area contributed by atoms with Crippen LogP contribution < -0.4 is 0 Å². The van der Waals surface area contributed by atoms with Gasteiger partial charge in [-0.1, -0.05) is 83.2 Å². The SMILES string of the molecule is CC(C)S.CC[C@H](O)OCO[C@](O)(CCCCc1ccccc1)C[C@@H](O)N1C[C@H](C2CCCCC2)C[C@H]1C(=O)O. The molecule has 0 aromatic heterocycles. The third kappa shape index (κ3) is 12.8. The Morgan fingerprint density at radius 2 is 1.75 bits per heavy atom. The highest BCUT2D eigenvalue weighted by Gasteiger charge is 2.45. The van der Waals surface area contributed by atoms with Crippen LogP contribution in [0.5, 0.6) is 0 Å². The molecule has 0 amide bonds. The van der Waals surface area contributed by atoms with Gasteiger partial charge in [0.2, 0.25) is 0 Å². The molecule has 2 aliphatic rings. The van der Waals surface area contributed by atoms with E-state index in [0.29, 0.717) is 37.0 Å². The molecule has 5 atom stereocenters. The van der Waals surface area contributed by atoms with E-state index in [1.807, 2.05) is 32.0 Å². The lowest BCUT2D eigenvalue weighted by Crippen LogP contribution is -2.48. The molecule has 4 N–H and O–H groups in total. The van der Waals surface area contributed by atoms with Crippen LogP contribution in [0.4, 0.5) is 0 Å². The average Bonchev–Trinajstić information content (AvgIpc) is 3.38. The van der Waals surface area contributed by atoms with Crippen LogP contribution in [0.15, 0.2) is 30.3 Å². The molecule has 1 aliphatic heterocycles. The fourth-order valence-electron chi connectivity index (χ4n) is 5.76. The van der Waals surface area contributed by atoms with Crippen molar-refractivity contribution in [2.75, 3.05) is 13.3 Å². The smallest absolute Gasteiger partial charge is 0.321 e. The lowest BCUT2D eigenvalue weighted by molar-refractivity contribution is -0.290. The van der Waals surface area contributed by atoms with Crippen LogP contribution in [0, 0.1) is 11.8 Å². The highest BCUT2D eigenvalue weighted by Crippen LogP contribution is 2.39. The van der Waals surface area contributed by atoms with Gasteiger partial charge in [-0.25, -0.2) is 0 Å². The lowest BCUT2D eigenvalue weighted by atomic mass is 9.79. The Kier molecular flexibility index (Phi) is 16.1. The summed E-state index contributed by atoms with van der Waals surface area (Å²) in [5.41, 5.74) is 1.21. The predicted molar refractivity (Wildman–Crippen MR) is 160 cm³/mol. The Morgan fingerprint density at radius 1 is 1.10 bits per heavy atom. The van der Waals surface area contributed by atoms with Crippen molar-refractivity contribution in [3.63, 3.8) is 0 Å². The summed E-state index contributed by atoms with van der Waals surface area (Å²) >= 11 is 3.97. The van der Waals surface area contributed by atoms with E-state index in [0.717, 1.165) is 25.7 Å². The molecule has 0 spiro atoms. The standard InChI is InChI=1S/C28H45NO7.C3H8S/c1-2-26(31)35-20-36-28(34,16-10-9-13-21-11-5-3-6-12-21)18-25(30)29-19-23(17-24(29)27(32)33)22-14-7-4-8-15-22;1-3(2)4/h3,5-6,11-12,22-26,30-31,34H,2,4,7-10,13-20H2,1H3,(H,32,33);3-4H,1-2H3/t23-,24+,25-,26-,28-;/m1./s1. The molecular formula is C31H53NO7S. The largest absolute Gasteiger partial charge is 0.480 e. The van der Waals surface area contributed by atoms with Crippen LogP contribution in [-0.2, 0) is 20.7 Å². The van der Waals surface area contributed by atoms with E-state index in [1.54, 1.807) is 11.8 Å². The summed E-state index contributed by atoms with van der Waals surface area (Å²) < 4.78 is 10.9. The van der Waals surface area contributed by atoms with Gasteiger partial charge in [-0.3, -0.25) is 9.69 Å². The Bertz CT molecular complexity index is 820. The number of unbranched alkanes of at least 4 members (excludes halogenated alkanes) is 1. The second-order valence-electron chi connectivity index (χ2n) is 11.7. The number of aliphatic carboxylic acids is 1. The summed E-state index contributed by atoms with van der Waals surface area (Å²) in [4.78, 5) is 13.7. The van der Waals surface area contributed by atoms with Gasteiger partial charge in [-0.2, -0.15) is 12.6 Å². The number of hydrogen-bond acceptors (Lipinski definition) is 8. The van der Waals surface area contributed by atoms with E-state index in [2.05, 4.69) is 24.8 Å². The van der Waals surface area contributed by atoms with Crippen LogP contribution in [0.3, 0.4) is 0 Å². The molecule has 1 heterocycles. The Morgan fingerprint density at radius 3 is 2.35 bits per heavy atom. The van der Waals surface area contributed by atoms with Gasteiger partial charge < -0.3 is 29.9 Å². The first-order valence-electron chi connectivity index (χ1n) is 15.1. The molecule has 1 aliphatic carbocycles. The second-order valence-corrected chi connectivity index (χ2v) is 12.7. The second kappa shape index (κ2) is 18.4. The minimum Gasteiger partial charge on any atom is -0.480 e. The number of carboxylic acids is 1. The number of likely N-dealkylation sites (tertiary alicyclic amines) is 1. The normalized spacial score (nSPS) is 23.3. The molecular weight excluding hydrogens is 530 g/mol. The summed E-state index contributed by atoms with van der Waals surface area (Å²) in [5, 5.41) is 42.6. The fraction of sp³-hybridized carbons (Fsp3) is 0.774. The molecule has 8 nitrogen and oxygen atoms in total. The lowest BCUT2D eigenvalue weighted by Gasteiger charge is -2.35. The summed E-state index contributed by atoms with van der Waals surface area (Å²) in [5.74, 6) is -1.90. The van der Waals surface area contributed by atoms with Gasteiger partial charge in [0.1, 0.15) is 12.3 Å². The van der Waals surface area contributed by atoms with Crippen molar-refractivity contribution in [3.8, 4) is 0 Å². The minimum absolute atomic E-state index is 0.148. The number of aryl methyl sites for hydroxylation is 1. The van der Waals surface area contributed by atoms with Gasteiger partial charge in [0.05, 0.1) is 0 Å². The molecule has 1 aromatic rings. The number of nitrogens with zero attached hydrogens (tertiary/aromatic N) is 1. The third-order valence-corrected chi connectivity index (χ3v) is 7.92. The van der Waals surface area contributed by atoms with Crippen molar-refractivity contribution in [2.45, 2.75) is 127 Å². The average molecular weight is 584 g/mol. The van der Waals surface area contributed by atoms with Crippen molar-refractivity contribution in [1.29, 1.82) is 0 Å². The monoisotopic (exact) mass is 583 g/mol. The van der Waals surface area contributed by atoms with E-state index in [4.69, 9.17) is 9.47 Å². The van der Waals surface area contributed by atoms with Gasteiger partial charge in [-0.15, -0.1) is 0 Å². The molecule has 1 saturated carbocycles. The summed E-state index contributed by atoms with van der Waals surface area (Å²) in [7, 11) is 0. The van der Waals surface area contributed by atoms with Crippen molar-refractivity contribution < 1.29 is 34.7 Å². The topological polar surface area (TPSA) is 120 Å². The van der Waals surface area contributed by atoms with Crippen molar-refractivity contribution >= 4 is 18.6 Å². The zero-order valence-electron chi connectivity index (χ0n) is 24.7. The number of aliphatic hydroxyl groups is 3. The molecule has 40 heavy (non-hydrogen) atoms. The first-order valence-corrected chi connectivity index (χ1v) is 15.6. The number of aliphatic hydroxyl groups excluding tert-OH is 2. The fourth-order valence-corrected chi connectivity index (χ4v) is 5.76. The predicted octanol–water partition coefficient (Wildman–Crippen LogP) is 5.20. The zero-order chi connectivity index (χ0) is 29.5. The Labute approximate surface area is 246 Å². The molecule has 1 aromatic carbocycles. The number of carbonyl (C=O) groups is 1. The Balaban J connectivity index is 0.00000131. The van der Waals surface area contributed by atoms with Crippen molar-refractivity contribution in [1.82, 2.24) is 4.90 Å². The first kappa shape index (κ1) is 35.0. The van der Waals surface area contributed by atoms with E-state index < -0.39 is 30.3 Å². The Hall–Kier alpha value is -1.20. The highest BCUT2D eigenvalue weighted by atomic mass is 32.1. The number of hydrogen-bond donors (Lipinski definition) is 5. The minimum atomic E-state index is -1.70.